The number of anilines is 2. The first-order valence-corrected chi connectivity index (χ1v) is 7.10. The van der Waals surface area contributed by atoms with Crippen LogP contribution in [0.15, 0.2) is 16.6 Å². The molecule has 0 spiro atoms. The smallest absolute Gasteiger partial charge is 0.139 e. The number of likely N-dealkylation sites (tertiary alicyclic amines) is 1. The summed E-state index contributed by atoms with van der Waals surface area (Å²) in [6.45, 7) is 6.49. The SMILES string of the molecule is CCN1CCC(CNc2cc(Br)c(F)cc2N)C1. The minimum Gasteiger partial charge on any atom is -0.397 e. The lowest BCUT2D eigenvalue weighted by Crippen LogP contribution is -2.22. The molecule has 3 N–H and O–H groups in total. The van der Waals surface area contributed by atoms with E-state index in [1.807, 2.05) is 0 Å². The summed E-state index contributed by atoms with van der Waals surface area (Å²) in [5, 5.41) is 3.32. The highest BCUT2D eigenvalue weighted by Crippen LogP contribution is 2.27. The van der Waals surface area contributed by atoms with E-state index in [0.717, 1.165) is 25.3 Å². The molecule has 0 aliphatic carbocycles. The Labute approximate surface area is 116 Å². The van der Waals surface area contributed by atoms with Gasteiger partial charge in [0.1, 0.15) is 5.82 Å². The minimum absolute atomic E-state index is 0.323. The van der Waals surface area contributed by atoms with Gasteiger partial charge in [-0.2, -0.15) is 0 Å². The zero-order valence-corrected chi connectivity index (χ0v) is 12.1. The first-order valence-electron chi connectivity index (χ1n) is 6.31. The molecule has 0 radical (unpaired) electrons. The monoisotopic (exact) mass is 315 g/mol. The van der Waals surface area contributed by atoms with E-state index >= 15 is 0 Å². The number of nitrogens with one attached hydrogen (secondary N) is 1. The summed E-state index contributed by atoms with van der Waals surface area (Å²) in [4.78, 5) is 2.44. The van der Waals surface area contributed by atoms with Crippen LogP contribution in [0, 0.1) is 11.7 Å². The zero-order valence-electron chi connectivity index (χ0n) is 10.5. The molecule has 1 aromatic rings. The molecule has 0 amide bonds. The largest absolute Gasteiger partial charge is 0.397 e. The summed E-state index contributed by atoms with van der Waals surface area (Å²) in [7, 11) is 0. The van der Waals surface area contributed by atoms with E-state index < -0.39 is 0 Å². The van der Waals surface area contributed by atoms with Crippen molar-refractivity contribution in [1.82, 2.24) is 4.90 Å². The van der Waals surface area contributed by atoms with Crippen LogP contribution in [-0.2, 0) is 0 Å². The highest BCUT2D eigenvalue weighted by Gasteiger charge is 2.20. The molecule has 0 aromatic heterocycles. The third-order valence-corrected chi connectivity index (χ3v) is 4.10. The van der Waals surface area contributed by atoms with Gasteiger partial charge in [0.15, 0.2) is 0 Å². The van der Waals surface area contributed by atoms with Crippen LogP contribution in [0.3, 0.4) is 0 Å². The Bertz CT molecular complexity index is 425. The number of nitrogens with two attached hydrogens (primary N) is 1. The summed E-state index contributed by atoms with van der Waals surface area (Å²) in [6, 6.07) is 3.05. The number of benzene rings is 1. The van der Waals surface area contributed by atoms with E-state index in [0.29, 0.717) is 16.1 Å². The first-order chi connectivity index (χ1) is 8.60. The molecule has 5 heteroatoms. The molecule has 1 atom stereocenters. The van der Waals surface area contributed by atoms with Crippen molar-refractivity contribution in [2.45, 2.75) is 13.3 Å². The maximum absolute atomic E-state index is 13.2. The molecule has 0 saturated carbocycles. The summed E-state index contributed by atoms with van der Waals surface area (Å²) in [6.07, 6.45) is 1.21. The van der Waals surface area contributed by atoms with Gasteiger partial charge in [0.2, 0.25) is 0 Å². The molecule has 1 fully saturated rings. The summed E-state index contributed by atoms with van der Waals surface area (Å²) >= 11 is 3.18. The maximum atomic E-state index is 13.2. The molecule has 1 aliphatic rings. The van der Waals surface area contributed by atoms with Crippen LogP contribution in [0.25, 0.3) is 0 Å². The molecular weight excluding hydrogens is 297 g/mol. The summed E-state index contributed by atoms with van der Waals surface area (Å²) in [5.74, 6) is 0.323. The molecule has 1 saturated heterocycles. The molecule has 1 heterocycles. The van der Waals surface area contributed by atoms with Gasteiger partial charge in [-0.3, -0.25) is 0 Å². The predicted octanol–water partition coefficient (Wildman–Crippen LogP) is 2.92. The van der Waals surface area contributed by atoms with E-state index in [9.17, 15) is 4.39 Å². The Balaban J connectivity index is 1.93. The number of nitrogen functional groups attached to an aromatic ring is 1. The quantitative estimate of drug-likeness (QED) is 0.839. The molecule has 0 bridgehead atoms. The van der Waals surface area contributed by atoms with Crippen molar-refractivity contribution >= 4 is 27.3 Å². The number of nitrogens with zero attached hydrogens (tertiary/aromatic N) is 1. The highest BCUT2D eigenvalue weighted by atomic mass is 79.9. The summed E-state index contributed by atoms with van der Waals surface area (Å²) in [5.41, 5.74) is 7.06. The second kappa shape index (κ2) is 5.89. The Hall–Kier alpha value is -0.810. The maximum Gasteiger partial charge on any atom is 0.139 e. The van der Waals surface area contributed by atoms with Gasteiger partial charge in [-0.15, -0.1) is 0 Å². The van der Waals surface area contributed by atoms with Gasteiger partial charge in [-0.25, -0.2) is 4.39 Å². The van der Waals surface area contributed by atoms with E-state index in [-0.39, 0.29) is 5.82 Å². The van der Waals surface area contributed by atoms with Gasteiger partial charge >= 0.3 is 0 Å². The second-order valence-electron chi connectivity index (χ2n) is 4.78. The van der Waals surface area contributed by atoms with Crippen molar-refractivity contribution in [1.29, 1.82) is 0 Å². The fourth-order valence-electron chi connectivity index (χ4n) is 2.34. The van der Waals surface area contributed by atoms with Gasteiger partial charge in [-0.05, 0) is 47.4 Å². The normalized spacial score (nSPS) is 20.3. The Morgan fingerprint density at radius 2 is 2.33 bits per heavy atom. The van der Waals surface area contributed by atoms with Crippen molar-refractivity contribution < 1.29 is 4.39 Å². The average Bonchev–Trinajstić information content (AvgIpc) is 2.80. The molecular formula is C13H19BrFN3. The van der Waals surface area contributed by atoms with Crippen LogP contribution in [0.5, 0.6) is 0 Å². The Morgan fingerprint density at radius 1 is 1.56 bits per heavy atom. The second-order valence-corrected chi connectivity index (χ2v) is 5.64. The number of hydrogen-bond donors (Lipinski definition) is 2. The van der Waals surface area contributed by atoms with Crippen LogP contribution >= 0.6 is 15.9 Å². The lowest BCUT2D eigenvalue weighted by Gasteiger charge is -2.15. The van der Waals surface area contributed by atoms with Crippen LogP contribution in [-0.4, -0.2) is 31.1 Å². The van der Waals surface area contributed by atoms with Crippen LogP contribution < -0.4 is 11.1 Å². The number of hydrogen-bond acceptors (Lipinski definition) is 3. The molecule has 100 valence electrons. The van der Waals surface area contributed by atoms with Crippen LogP contribution in [0.1, 0.15) is 13.3 Å². The van der Waals surface area contributed by atoms with Crippen molar-refractivity contribution in [2.24, 2.45) is 5.92 Å². The van der Waals surface area contributed by atoms with E-state index in [1.54, 1.807) is 6.07 Å². The third-order valence-electron chi connectivity index (χ3n) is 3.49. The van der Waals surface area contributed by atoms with Crippen LogP contribution in [0.4, 0.5) is 15.8 Å². The van der Waals surface area contributed by atoms with Gasteiger partial charge in [0.25, 0.3) is 0 Å². The molecule has 1 aromatic carbocycles. The highest BCUT2D eigenvalue weighted by molar-refractivity contribution is 9.10. The van der Waals surface area contributed by atoms with Crippen molar-refractivity contribution in [3.05, 3.63) is 22.4 Å². The molecule has 18 heavy (non-hydrogen) atoms. The van der Waals surface area contributed by atoms with E-state index in [1.165, 1.54) is 19.0 Å². The summed E-state index contributed by atoms with van der Waals surface area (Å²) < 4.78 is 13.7. The zero-order chi connectivity index (χ0) is 13.1. The Morgan fingerprint density at radius 3 is 3.00 bits per heavy atom. The molecule has 1 unspecified atom stereocenters. The lowest BCUT2D eigenvalue weighted by molar-refractivity contribution is 0.345. The minimum atomic E-state index is -0.323. The van der Waals surface area contributed by atoms with Gasteiger partial charge in [0, 0.05) is 19.2 Å². The van der Waals surface area contributed by atoms with E-state index in [4.69, 9.17) is 5.73 Å². The first kappa shape index (κ1) is 13.6. The fourth-order valence-corrected chi connectivity index (χ4v) is 2.68. The lowest BCUT2D eigenvalue weighted by atomic mass is 10.1. The van der Waals surface area contributed by atoms with Crippen molar-refractivity contribution in [2.75, 3.05) is 37.2 Å². The van der Waals surface area contributed by atoms with Gasteiger partial charge in [0.05, 0.1) is 15.8 Å². The average molecular weight is 316 g/mol. The van der Waals surface area contributed by atoms with Crippen molar-refractivity contribution in [3.63, 3.8) is 0 Å². The molecule has 3 nitrogen and oxygen atoms in total. The van der Waals surface area contributed by atoms with Crippen molar-refractivity contribution in [3.8, 4) is 0 Å². The standard InChI is InChI=1S/C13H19BrFN3/c1-2-18-4-3-9(8-18)7-17-13-5-10(14)11(15)6-12(13)16/h5-6,9,17H,2-4,7-8,16H2,1H3. The van der Waals surface area contributed by atoms with E-state index in [2.05, 4.69) is 33.1 Å². The topological polar surface area (TPSA) is 41.3 Å². The molecule has 1 aliphatic heterocycles. The number of halogens is 2. The number of rotatable bonds is 4. The predicted molar refractivity (Wildman–Crippen MR) is 77.2 cm³/mol. The molecule has 2 rings (SSSR count). The van der Waals surface area contributed by atoms with Crippen LogP contribution in [0.2, 0.25) is 0 Å². The Kier molecular flexibility index (Phi) is 4.45. The third kappa shape index (κ3) is 3.14. The van der Waals surface area contributed by atoms with Gasteiger partial charge < -0.3 is 16.0 Å². The van der Waals surface area contributed by atoms with Gasteiger partial charge in [-0.1, -0.05) is 6.92 Å². The fraction of sp³-hybridized carbons (Fsp3) is 0.538.